The van der Waals surface area contributed by atoms with Gasteiger partial charge in [0.15, 0.2) is 0 Å². The first-order valence-electron chi connectivity index (χ1n) is 9.58. The third kappa shape index (κ3) is 5.84. The second-order valence-corrected chi connectivity index (χ2v) is 7.14. The van der Waals surface area contributed by atoms with E-state index in [2.05, 4.69) is 22.8 Å². The molecule has 1 saturated heterocycles. The molecule has 5 heteroatoms. The van der Waals surface area contributed by atoms with E-state index in [1.807, 2.05) is 54.3 Å². The van der Waals surface area contributed by atoms with Gasteiger partial charge in [0.2, 0.25) is 5.91 Å². The molecule has 1 fully saturated rings. The monoisotopic (exact) mass is 365 g/mol. The molecular formula is C22H27N3O2. The van der Waals surface area contributed by atoms with E-state index in [0.29, 0.717) is 13.0 Å². The minimum atomic E-state index is -0.204. The molecule has 27 heavy (non-hydrogen) atoms. The molecule has 2 aromatic rings. The van der Waals surface area contributed by atoms with Crippen molar-refractivity contribution in [3.63, 3.8) is 0 Å². The summed E-state index contributed by atoms with van der Waals surface area (Å²) in [5.74, 6) is 0.207. The predicted molar refractivity (Wildman–Crippen MR) is 107 cm³/mol. The van der Waals surface area contributed by atoms with E-state index in [0.717, 1.165) is 37.1 Å². The minimum absolute atomic E-state index is 0.0793. The SMILES string of the molecule is C[C@H](CCc1ccccc1)NC(=O)Nc1cccc(CN2CCCC2=O)c1. The Kier molecular flexibility index (Phi) is 6.47. The molecule has 0 radical (unpaired) electrons. The highest BCUT2D eigenvalue weighted by molar-refractivity contribution is 5.89. The second kappa shape index (κ2) is 9.21. The summed E-state index contributed by atoms with van der Waals surface area (Å²) in [6.45, 7) is 3.43. The molecule has 0 unspecified atom stereocenters. The van der Waals surface area contributed by atoms with E-state index >= 15 is 0 Å². The Balaban J connectivity index is 1.47. The van der Waals surface area contributed by atoms with E-state index in [1.165, 1.54) is 5.56 Å². The Morgan fingerprint density at radius 2 is 1.89 bits per heavy atom. The van der Waals surface area contributed by atoms with Gasteiger partial charge in [-0.15, -0.1) is 0 Å². The zero-order valence-electron chi connectivity index (χ0n) is 15.8. The zero-order chi connectivity index (χ0) is 19.1. The van der Waals surface area contributed by atoms with Gasteiger partial charge in [-0.25, -0.2) is 4.79 Å². The first-order chi connectivity index (χ1) is 13.1. The number of hydrogen-bond donors (Lipinski definition) is 2. The lowest BCUT2D eigenvalue weighted by molar-refractivity contribution is -0.128. The Morgan fingerprint density at radius 3 is 2.63 bits per heavy atom. The van der Waals surface area contributed by atoms with Crippen molar-refractivity contribution < 1.29 is 9.59 Å². The van der Waals surface area contributed by atoms with Crippen molar-refractivity contribution in [2.75, 3.05) is 11.9 Å². The summed E-state index contributed by atoms with van der Waals surface area (Å²) in [7, 11) is 0. The second-order valence-electron chi connectivity index (χ2n) is 7.14. The van der Waals surface area contributed by atoms with Crippen LogP contribution in [0, 0.1) is 0 Å². The standard InChI is InChI=1S/C22H27N3O2/c1-17(12-13-18-7-3-2-4-8-18)23-22(27)24-20-10-5-9-19(15-20)16-25-14-6-11-21(25)26/h2-5,7-10,15,17H,6,11-14,16H2,1H3,(H2,23,24,27)/t17-/m1/s1. The molecule has 1 heterocycles. The first-order valence-corrected chi connectivity index (χ1v) is 9.58. The van der Waals surface area contributed by atoms with Crippen LogP contribution in [-0.4, -0.2) is 29.4 Å². The van der Waals surface area contributed by atoms with Gasteiger partial charge in [-0.2, -0.15) is 0 Å². The van der Waals surface area contributed by atoms with Crippen LogP contribution in [0.25, 0.3) is 0 Å². The summed E-state index contributed by atoms with van der Waals surface area (Å²) >= 11 is 0. The van der Waals surface area contributed by atoms with Crippen LogP contribution in [0.2, 0.25) is 0 Å². The van der Waals surface area contributed by atoms with Crippen LogP contribution < -0.4 is 10.6 Å². The van der Waals surface area contributed by atoms with Crippen LogP contribution in [0.1, 0.15) is 37.3 Å². The number of urea groups is 1. The normalized spacial score (nSPS) is 14.9. The number of rotatable bonds is 7. The average Bonchev–Trinajstić information content (AvgIpc) is 3.06. The third-order valence-corrected chi connectivity index (χ3v) is 4.82. The number of nitrogens with zero attached hydrogens (tertiary/aromatic N) is 1. The molecule has 3 amide bonds. The molecule has 3 rings (SSSR count). The van der Waals surface area contributed by atoms with Gasteiger partial charge in [0.1, 0.15) is 0 Å². The van der Waals surface area contributed by atoms with Gasteiger partial charge >= 0.3 is 6.03 Å². The number of likely N-dealkylation sites (tertiary alicyclic amines) is 1. The fraction of sp³-hybridized carbons (Fsp3) is 0.364. The molecule has 0 aromatic heterocycles. The van der Waals surface area contributed by atoms with Gasteiger partial charge in [-0.3, -0.25) is 4.79 Å². The summed E-state index contributed by atoms with van der Waals surface area (Å²) in [4.78, 5) is 25.9. The number of hydrogen-bond acceptors (Lipinski definition) is 2. The molecule has 0 aliphatic carbocycles. The fourth-order valence-corrected chi connectivity index (χ4v) is 3.33. The van der Waals surface area contributed by atoms with Crippen LogP contribution in [-0.2, 0) is 17.8 Å². The van der Waals surface area contributed by atoms with Gasteiger partial charge in [0.25, 0.3) is 0 Å². The Morgan fingerprint density at radius 1 is 1.11 bits per heavy atom. The molecule has 142 valence electrons. The highest BCUT2D eigenvalue weighted by Gasteiger charge is 2.20. The average molecular weight is 365 g/mol. The number of nitrogens with one attached hydrogen (secondary N) is 2. The van der Waals surface area contributed by atoms with Crippen LogP contribution in [0.15, 0.2) is 54.6 Å². The lowest BCUT2D eigenvalue weighted by atomic mass is 10.1. The van der Waals surface area contributed by atoms with Crippen molar-refractivity contribution in [2.45, 2.75) is 45.2 Å². The van der Waals surface area contributed by atoms with E-state index in [4.69, 9.17) is 0 Å². The molecule has 2 aromatic carbocycles. The number of carbonyl (C=O) groups excluding carboxylic acids is 2. The highest BCUT2D eigenvalue weighted by Crippen LogP contribution is 2.17. The maximum absolute atomic E-state index is 12.3. The van der Waals surface area contributed by atoms with Crippen molar-refractivity contribution in [3.05, 3.63) is 65.7 Å². The van der Waals surface area contributed by atoms with E-state index < -0.39 is 0 Å². The van der Waals surface area contributed by atoms with E-state index in [1.54, 1.807) is 0 Å². The number of amides is 3. The molecule has 1 aliphatic rings. The van der Waals surface area contributed by atoms with Crippen molar-refractivity contribution in [1.29, 1.82) is 0 Å². The maximum atomic E-state index is 12.3. The number of anilines is 1. The zero-order valence-corrected chi connectivity index (χ0v) is 15.8. The summed E-state index contributed by atoms with van der Waals surface area (Å²) < 4.78 is 0. The lowest BCUT2D eigenvalue weighted by Gasteiger charge is -2.17. The van der Waals surface area contributed by atoms with Gasteiger partial charge in [-0.1, -0.05) is 42.5 Å². The van der Waals surface area contributed by atoms with Crippen LogP contribution >= 0.6 is 0 Å². The Bertz CT molecular complexity index is 776. The van der Waals surface area contributed by atoms with Crippen molar-refractivity contribution >= 4 is 17.6 Å². The molecule has 1 atom stereocenters. The summed E-state index contributed by atoms with van der Waals surface area (Å²) in [5, 5.41) is 5.88. The molecule has 1 aliphatic heterocycles. The minimum Gasteiger partial charge on any atom is -0.338 e. The van der Waals surface area contributed by atoms with Crippen LogP contribution in [0.4, 0.5) is 10.5 Å². The summed E-state index contributed by atoms with van der Waals surface area (Å²) in [6, 6.07) is 17.8. The summed E-state index contributed by atoms with van der Waals surface area (Å²) in [5.41, 5.74) is 3.04. The van der Waals surface area contributed by atoms with Crippen molar-refractivity contribution in [2.24, 2.45) is 0 Å². The van der Waals surface area contributed by atoms with E-state index in [9.17, 15) is 9.59 Å². The molecule has 5 nitrogen and oxygen atoms in total. The molecule has 2 N–H and O–H groups in total. The van der Waals surface area contributed by atoms with Gasteiger partial charge in [0, 0.05) is 31.2 Å². The number of benzene rings is 2. The largest absolute Gasteiger partial charge is 0.338 e. The van der Waals surface area contributed by atoms with Gasteiger partial charge < -0.3 is 15.5 Å². The van der Waals surface area contributed by atoms with Crippen LogP contribution in [0.5, 0.6) is 0 Å². The number of carbonyl (C=O) groups is 2. The van der Waals surface area contributed by atoms with E-state index in [-0.39, 0.29) is 18.0 Å². The van der Waals surface area contributed by atoms with Crippen molar-refractivity contribution in [3.8, 4) is 0 Å². The topological polar surface area (TPSA) is 61.4 Å². The van der Waals surface area contributed by atoms with Gasteiger partial charge in [0.05, 0.1) is 0 Å². The molecule has 0 bridgehead atoms. The van der Waals surface area contributed by atoms with Gasteiger partial charge in [-0.05, 0) is 49.4 Å². The third-order valence-electron chi connectivity index (χ3n) is 4.82. The predicted octanol–water partition coefficient (Wildman–Crippen LogP) is 3.95. The lowest BCUT2D eigenvalue weighted by Crippen LogP contribution is -2.36. The molecule has 0 spiro atoms. The fourth-order valence-electron chi connectivity index (χ4n) is 3.33. The smallest absolute Gasteiger partial charge is 0.319 e. The summed E-state index contributed by atoms with van der Waals surface area (Å²) in [6.07, 6.45) is 3.39. The number of aryl methyl sites for hydroxylation is 1. The molecular weight excluding hydrogens is 338 g/mol. The maximum Gasteiger partial charge on any atom is 0.319 e. The van der Waals surface area contributed by atoms with Crippen molar-refractivity contribution in [1.82, 2.24) is 10.2 Å². The van der Waals surface area contributed by atoms with Crippen LogP contribution in [0.3, 0.4) is 0 Å². The molecule has 0 saturated carbocycles. The Hall–Kier alpha value is -2.82. The first kappa shape index (κ1) is 19.0. The highest BCUT2D eigenvalue weighted by atomic mass is 16.2. The Labute approximate surface area is 160 Å². The quantitative estimate of drug-likeness (QED) is 0.780.